The fourth-order valence-corrected chi connectivity index (χ4v) is 2.83. The van der Waals surface area contributed by atoms with Crippen LogP contribution in [-0.2, 0) is 4.79 Å². The molecule has 1 aliphatic heterocycles. The van der Waals surface area contributed by atoms with E-state index in [0.29, 0.717) is 23.9 Å². The van der Waals surface area contributed by atoms with E-state index in [-0.39, 0.29) is 11.9 Å². The molecule has 2 N–H and O–H groups in total. The number of benzene rings is 1. The van der Waals surface area contributed by atoms with Crippen LogP contribution in [0.5, 0.6) is 0 Å². The number of carbonyl (C=O) groups is 2. The van der Waals surface area contributed by atoms with Crippen molar-refractivity contribution in [2.75, 3.05) is 18.4 Å². The average Bonchev–Trinajstić information content (AvgIpc) is 3.13. The van der Waals surface area contributed by atoms with E-state index in [1.165, 1.54) is 4.90 Å². The van der Waals surface area contributed by atoms with Crippen LogP contribution < -0.4 is 10.6 Å². The zero-order valence-electron chi connectivity index (χ0n) is 13.4. The Hall–Kier alpha value is -2.54. The van der Waals surface area contributed by atoms with Crippen LogP contribution in [0.4, 0.5) is 10.6 Å². The van der Waals surface area contributed by atoms with Crippen molar-refractivity contribution < 1.29 is 9.59 Å². The van der Waals surface area contributed by atoms with Crippen LogP contribution in [0, 0.1) is 6.92 Å². The molecule has 0 bridgehead atoms. The van der Waals surface area contributed by atoms with Gasteiger partial charge in [0.2, 0.25) is 0 Å². The second-order valence-corrected chi connectivity index (χ2v) is 6.03. The number of hydrogen-bond acceptors (Lipinski definition) is 4. The number of imide groups is 1. The fraction of sp³-hybridized carbons (Fsp3) is 0.312. The average molecular weight is 348 g/mol. The maximum atomic E-state index is 12.3. The third-order valence-electron chi connectivity index (χ3n) is 3.83. The molecule has 1 aromatic carbocycles. The van der Waals surface area contributed by atoms with E-state index < -0.39 is 6.04 Å². The Morgan fingerprint density at radius 2 is 2.17 bits per heavy atom. The van der Waals surface area contributed by atoms with Gasteiger partial charge in [0.1, 0.15) is 11.9 Å². The minimum atomic E-state index is -0.567. The van der Waals surface area contributed by atoms with Gasteiger partial charge in [-0.05, 0) is 26.0 Å². The summed E-state index contributed by atoms with van der Waals surface area (Å²) in [5, 5.41) is 10.7. The molecule has 2 heterocycles. The first-order chi connectivity index (χ1) is 11.5. The fourth-order valence-electron chi connectivity index (χ4n) is 2.61. The Balaban J connectivity index is 1.77. The van der Waals surface area contributed by atoms with Crippen molar-refractivity contribution in [3.8, 4) is 5.69 Å². The molecule has 7 nitrogen and oxygen atoms in total. The molecule has 24 heavy (non-hydrogen) atoms. The lowest BCUT2D eigenvalue weighted by molar-refractivity contribution is -0.128. The van der Waals surface area contributed by atoms with E-state index in [0.717, 1.165) is 11.4 Å². The lowest BCUT2D eigenvalue weighted by Crippen LogP contribution is -2.43. The summed E-state index contributed by atoms with van der Waals surface area (Å²) in [7, 11) is 0. The van der Waals surface area contributed by atoms with E-state index in [1.54, 1.807) is 17.7 Å². The van der Waals surface area contributed by atoms with Gasteiger partial charge in [-0.25, -0.2) is 9.48 Å². The molecule has 3 amide bonds. The number of hydrogen-bond donors (Lipinski definition) is 2. The van der Waals surface area contributed by atoms with Gasteiger partial charge in [-0.15, -0.1) is 0 Å². The second-order valence-electron chi connectivity index (χ2n) is 5.62. The highest BCUT2D eigenvalue weighted by Gasteiger charge is 2.30. The lowest BCUT2D eigenvalue weighted by Gasteiger charge is -2.18. The molecular weight excluding hydrogens is 330 g/mol. The Labute approximate surface area is 144 Å². The molecule has 3 rings (SSSR count). The maximum absolute atomic E-state index is 12.3. The van der Waals surface area contributed by atoms with Crippen LogP contribution in [-0.4, -0.2) is 45.8 Å². The molecule has 126 valence electrons. The number of aryl methyl sites for hydroxylation is 1. The minimum Gasteiger partial charge on any atom is -0.357 e. The Kier molecular flexibility index (Phi) is 4.44. The molecule has 1 atom stereocenters. The zero-order chi connectivity index (χ0) is 17.3. The number of nitrogens with one attached hydrogen (secondary N) is 2. The predicted octanol–water partition coefficient (Wildman–Crippen LogP) is 2.19. The third kappa shape index (κ3) is 3.07. The van der Waals surface area contributed by atoms with Gasteiger partial charge in [0.15, 0.2) is 0 Å². The van der Waals surface area contributed by atoms with E-state index in [9.17, 15) is 9.59 Å². The monoisotopic (exact) mass is 347 g/mol. The number of para-hydroxylation sites is 1. The van der Waals surface area contributed by atoms with Crippen molar-refractivity contribution in [1.82, 2.24) is 20.0 Å². The van der Waals surface area contributed by atoms with E-state index in [1.807, 2.05) is 31.2 Å². The number of aromatic nitrogens is 2. The Bertz CT molecular complexity index is 789. The summed E-state index contributed by atoms with van der Waals surface area (Å²) in [5.41, 5.74) is 1.65. The van der Waals surface area contributed by atoms with Crippen molar-refractivity contribution in [3.05, 3.63) is 41.0 Å². The highest BCUT2D eigenvalue weighted by molar-refractivity contribution is 6.32. The van der Waals surface area contributed by atoms with Gasteiger partial charge >= 0.3 is 6.03 Å². The topological polar surface area (TPSA) is 79.3 Å². The summed E-state index contributed by atoms with van der Waals surface area (Å²) >= 11 is 6.21. The van der Waals surface area contributed by atoms with Crippen LogP contribution in [0.15, 0.2) is 30.3 Å². The number of halogens is 1. The molecule has 0 radical (unpaired) electrons. The van der Waals surface area contributed by atoms with Crippen LogP contribution >= 0.6 is 11.6 Å². The van der Waals surface area contributed by atoms with Crippen molar-refractivity contribution in [1.29, 1.82) is 0 Å². The molecule has 0 aliphatic carbocycles. The molecule has 1 fully saturated rings. The smallest absolute Gasteiger partial charge is 0.324 e. The number of anilines is 1. The van der Waals surface area contributed by atoms with Gasteiger partial charge in [0, 0.05) is 24.8 Å². The quantitative estimate of drug-likeness (QED) is 0.888. The predicted molar refractivity (Wildman–Crippen MR) is 91.5 cm³/mol. The second kappa shape index (κ2) is 6.52. The van der Waals surface area contributed by atoms with E-state index in [4.69, 9.17) is 11.6 Å². The number of rotatable bonds is 4. The first kappa shape index (κ1) is 16.3. The molecule has 1 aromatic heterocycles. The van der Waals surface area contributed by atoms with Crippen LogP contribution in [0.3, 0.4) is 0 Å². The van der Waals surface area contributed by atoms with Gasteiger partial charge in [-0.2, -0.15) is 5.10 Å². The minimum absolute atomic E-state index is 0.282. The van der Waals surface area contributed by atoms with Gasteiger partial charge in [0.05, 0.1) is 10.7 Å². The van der Waals surface area contributed by atoms with Crippen LogP contribution in [0.1, 0.15) is 12.6 Å². The van der Waals surface area contributed by atoms with Gasteiger partial charge in [0.25, 0.3) is 5.91 Å². The highest BCUT2D eigenvalue weighted by atomic mass is 35.5. The molecular formula is C16H18ClN5O2. The van der Waals surface area contributed by atoms with Crippen molar-refractivity contribution in [2.45, 2.75) is 19.9 Å². The normalized spacial score (nSPS) is 15.3. The first-order valence-electron chi connectivity index (χ1n) is 7.64. The van der Waals surface area contributed by atoms with Gasteiger partial charge in [-0.3, -0.25) is 9.69 Å². The SMILES string of the molecule is Cc1cc(N[C@H](C)C(=O)N2CCNC2=O)nn1-c1ccccc1Cl. The molecule has 1 saturated heterocycles. The molecule has 0 spiro atoms. The summed E-state index contributed by atoms with van der Waals surface area (Å²) in [4.78, 5) is 25.1. The molecule has 1 aliphatic rings. The maximum Gasteiger partial charge on any atom is 0.324 e. The zero-order valence-corrected chi connectivity index (χ0v) is 14.2. The van der Waals surface area contributed by atoms with Crippen molar-refractivity contribution in [2.24, 2.45) is 0 Å². The number of nitrogens with zero attached hydrogens (tertiary/aromatic N) is 3. The van der Waals surface area contributed by atoms with E-state index in [2.05, 4.69) is 15.7 Å². The summed E-state index contributed by atoms with van der Waals surface area (Å²) in [6.45, 7) is 4.48. The summed E-state index contributed by atoms with van der Waals surface area (Å²) in [6.07, 6.45) is 0. The summed E-state index contributed by atoms with van der Waals surface area (Å²) < 4.78 is 1.71. The lowest BCUT2D eigenvalue weighted by atomic mass is 10.3. The van der Waals surface area contributed by atoms with Crippen molar-refractivity contribution >= 4 is 29.4 Å². The third-order valence-corrected chi connectivity index (χ3v) is 4.15. The first-order valence-corrected chi connectivity index (χ1v) is 8.02. The van der Waals surface area contributed by atoms with Gasteiger partial charge < -0.3 is 10.6 Å². The highest BCUT2D eigenvalue weighted by Crippen LogP contribution is 2.22. The van der Waals surface area contributed by atoms with E-state index >= 15 is 0 Å². The Morgan fingerprint density at radius 3 is 2.83 bits per heavy atom. The number of urea groups is 1. The van der Waals surface area contributed by atoms with Crippen LogP contribution in [0.2, 0.25) is 5.02 Å². The standard InChI is InChI=1S/C16H18ClN5O2/c1-10-9-14(20-22(10)13-6-4-3-5-12(13)17)19-11(2)15(23)21-8-7-18-16(21)24/h3-6,9,11H,7-8H2,1-2H3,(H,18,24)(H,19,20)/t11-/m1/s1. The summed E-state index contributed by atoms with van der Waals surface area (Å²) in [6, 6.07) is 8.31. The summed E-state index contributed by atoms with van der Waals surface area (Å²) in [5.74, 6) is 0.267. The molecule has 8 heteroatoms. The van der Waals surface area contributed by atoms with Gasteiger partial charge in [-0.1, -0.05) is 23.7 Å². The largest absolute Gasteiger partial charge is 0.357 e. The van der Waals surface area contributed by atoms with Crippen LogP contribution in [0.25, 0.3) is 5.69 Å². The van der Waals surface area contributed by atoms with Crippen molar-refractivity contribution in [3.63, 3.8) is 0 Å². The number of carbonyl (C=O) groups excluding carboxylic acids is 2. The molecule has 0 unspecified atom stereocenters. The Morgan fingerprint density at radius 1 is 1.42 bits per heavy atom. The molecule has 2 aromatic rings. The number of amides is 3. The molecule has 0 saturated carbocycles.